The van der Waals surface area contributed by atoms with Gasteiger partial charge in [0.25, 0.3) is 0 Å². The third kappa shape index (κ3) is 109. The summed E-state index contributed by atoms with van der Waals surface area (Å²) in [7, 11) is 0. The average Bonchev–Trinajstić information content (AvgIpc) is 3.46. The van der Waals surface area contributed by atoms with Crippen molar-refractivity contribution in [1.82, 2.24) is 0 Å². The number of hydrogen-bond acceptors (Lipinski definition) is 12. The van der Waals surface area contributed by atoms with Gasteiger partial charge in [-0.15, -0.1) is 23.0 Å². The molecule has 500 valence electrons. The minimum atomic E-state index is -0.168. The molecule has 4 radical (unpaired) electrons. The van der Waals surface area contributed by atoms with Crippen LogP contribution in [0.15, 0.2) is 48.6 Å². The van der Waals surface area contributed by atoms with Crippen molar-refractivity contribution < 1.29 is 38.1 Å². The van der Waals surface area contributed by atoms with Crippen molar-refractivity contribution in [2.45, 2.75) is 325 Å². The van der Waals surface area contributed by atoms with E-state index in [0.29, 0.717) is 75.1 Å². The second-order valence-corrected chi connectivity index (χ2v) is 22.5. The predicted octanol–water partition coefficient (Wildman–Crippen LogP) is 20.4. The molecule has 0 unspecified atom stereocenters. The Morgan fingerprint density at radius 2 is 0.400 bits per heavy atom. The van der Waals surface area contributed by atoms with E-state index in [0.717, 1.165) is 25.7 Å². The van der Waals surface area contributed by atoms with Crippen molar-refractivity contribution in [1.29, 1.82) is 0 Å². The number of rotatable bonds is 56. The summed E-state index contributed by atoms with van der Waals surface area (Å²) < 4.78 is 19.6. The monoisotopic (exact) mass is 1500 g/mol. The number of ether oxygens (including phenoxy) is 4. The van der Waals surface area contributed by atoms with Crippen LogP contribution >= 0.6 is 13.5 Å². The summed E-state index contributed by atoms with van der Waals surface area (Å²) in [6.07, 6.45) is 70.5. The number of esters is 4. The molecule has 0 aliphatic heterocycles. The molecule has 0 aromatic carbocycles. The molecule has 0 fully saturated rings. The van der Waals surface area contributed by atoms with Gasteiger partial charge in [0.15, 0.2) is 0 Å². The number of carbonyl (C=O) groups is 4. The van der Waals surface area contributed by atoms with E-state index in [-0.39, 0.29) is 100 Å². The van der Waals surface area contributed by atoms with Crippen molar-refractivity contribution in [3.63, 3.8) is 0 Å². The third-order valence-electron chi connectivity index (χ3n) is 13.1. The van der Waals surface area contributed by atoms with Crippen LogP contribution in [0.25, 0.3) is 0 Å². The predicted molar refractivity (Wildman–Crippen MR) is 391 cm³/mol. The fourth-order valence-corrected chi connectivity index (χ4v) is 8.67. The maximum Gasteiger partial charge on any atom is 2.00 e. The van der Waals surface area contributed by atoms with Crippen molar-refractivity contribution in [2.24, 2.45) is 0 Å². The number of hydrogen-bond donors (Lipinski definition) is 0. The van der Waals surface area contributed by atoms with Gasteiger partial charge in [0, 0.05) is 0 Å². The van der Waals surface area contributed by atoms with E-state index in [9.17, 15) is 19.2 Å². The summed E-state index contributed by atoms with van der Waals surface area (Å²) in [5.41, 5.74) is 0. The van der Waals surface area contributed by atoms with Crippen LogP contribution in [0.5, 0.6) is 0 Å². The second kappa shape index (κ2) is 100. The largest absolute Gasteiger partial charge is 2.00 e. The minimum Gasteiger partial charge on any atom is -0.789 e. The first-order valence-electron chi connectivity index (χ1n) is 32.8. The molecule has 0 aliphatic carbocycles. The molecule has 15 heteroatoms. The Balaban J connectivity index is -0.000000127. The zero-order chi connectivity index (χ0) is 59.6. The van der Waals surface area contributed by atoms with Crippen LogP contribution in [0.2, 0.25) is 0 Å². The van der Waals surface area contributed by atoms with Crippen molar-refractivity contribution in [3.05, 3.63) is 48.6 Å². The number of unbranched alkanes of at least 4 members (excludes halogenated alkanes) is 36. The van der Waals surface area contributed by atoms with Crippen molar-refractivity contribution in [2.75, 3.05) is 49.4 Å². The van der Waals surface area contributed by atoms with Gasteiger partial charge < -0.3 is 69.5 Å². The topological polar surface area (TPSA) is 105 Å². The molecular weight excluding hydrogens is 1370 g/mol. The summed E-state index contributed by atoms with van der Waals surface area (Å²) in [4.78, 5) is 44.7. The molecule has 0 atom stereocenters. The summed E-state index contributed by atoms with van der Waals surface area (Å²) in [5, 5.41) is 0. The molecule has 0 aliphatic rings. The maximum atomic E-state index is 11.2. The van der Waals surface area contributed by atoms with E-state index in [1.165, 1.54) is 231 Å². The number of allylic oxidation sites excluding steroid dienone is 4. The van der Waals surface area contributed by atoms with Gasteiger partial charge in [0.2, 0.25) is 0 Å². The SMILES string of the molecule is C.C.CCCCCCCCCCC/C=C/CC(=O)OCC[S-].CCCCCCCCCCC/C=C/CC(=O)OCC[S-].CCCCCCCCCCC/C=C/CC(=O)OCC[S-].CCCCCCCCCCC/C=C/CC(=O)OCC[S-].S.[Sn+2].[Sn+2]. The molecule has 0 rings (SSSR count). The van der Waals surface area contributed by atoms with E-state index >= 15 is 0 Å². The van der Waals surface area contributed by atoms with E-state index in [2.05, 4.69) is 52.0 Å². The van der Waals surface area contributed by atoms with Crippen LogP contribution in [0.1, 0.15) is 325 Å². The fraction of sp³-hybridized carbons (Fsp3) is 0.829. The quantitative estimate of drug-likeness (QED) is 0.0145. The van der Waals surface area contributed by atoms with Gasteiger partial charge in [-0.3, -0.25) is 19.2 Å². The Kier molecular flexibility index (Phi) is 123. The molecule has 0 spiro atoms. The van der Waals surface area contributed by atoms with Crippen LogP contribution in [0.3, 0.4) is 0 Å². The Labute approximate surface area is 591 Å². The third-order valence-corrected chi connectivity index (χ3v) is 13.8. The summed E-state index contributed by atoms with van der Waals surface area (Å²) in [5.74, 6) is 1.25. The summed E-state index contributed by atoms with van der Waals surface area (Å²) in [6.45, 7) is 10.5. The Morgan fingerprint density at radius 3 is 0.541 bits per heavy atom. The first-order valence-corrected chi connectivity index (χ1v) is 35.1. The molecule has 0 amide bonds. The Hall–Kier alpha value is 0.187. The molecule has 0 bridgehead atoms. The van der Waals surface area contributed by atoms with Crippen LogP contribution in [-0.4, -0.2) is 121 Å². The van der Waals surface area contributed by atoms with Crippen LogP contribution < -0.4 is 0 Å². The molecule has 85 heavy (non-hydrogen) atoms. The van der Waals surface area contributed by atoms with E-state index in [4.69, 9.17) is 69.5 Å². The van der Waals surface area contributed by atoms with Gasteiger partial charge in [0.05, 0.1) is 52.1 Å². The molecule has 0 aromatic heterocycles. The van der Waals surface area contributed by atoms with Gasteiger partial charge in [-0.1, -0.05) is 297 Å². The minimum absolute atomic E-state index is 0. The molecule has 0 aromatic rings. The normalized spacial score (nSPS) is 10.4. The van der Waals surface area contributed by atoms with Crippen LogP contribution in [0.4, 0.5) is 0 Å². The van der Waals surface area contributed by atoms with Gasteiger partial charge in [-0.25, -0.2) is 0 Å². The second-order valence-electron chi connectivity index (χ2n) is 20.9. The van der Waals surface area contributed by atoms with E-state index in [1.807, 2.05) is 24.3 Å². The van der Waals surface area contributed by atoms with Gasteiger partial charge >= 0.3 is 71.7 Å². The fourth-order valence-electron chi connectivity index (χ4n) is 8.34. The van der Waals surface area contributed by atoms with Gasteiger partial charge in [-0.2, -0.15) is 13.5 Å². The number of carbonyl (C=O) groups excluding carboxylic acids is 4. The first kappa shape index (κ1) is 104. The zero-order valence-electron chi connectivity index (χ0n) is 53.8. The van der Waals surface area contributed by atoms with Crippen LogP contribution in [0, 0.1) is 0 Å². The van der Waals surface area contributed by atoms with Crippen molar-refractivity contribution in [3.8, 4) is 0 Å². The smallest absolute Gasteiger partial charge is 0.789 e. The first-order chi connectivity index (χ1) is 39.2. The maximum absolute atomic E-state index is 11.2. The summed E-state index contributed by atoms with van der Waals surface area (Å²) in [6, 6.07) is 0. The van der Waals surface area contributed by atoms with Crippen LogP contribution in [-0.2, 0) is 88.6 Å². The van der Waals surface area contributed by atoms with E-state index < -0.39 is 0 Å². The molecular formula is C70H134O8S5Sn2. The zero-order valence-corrected chi connectivity index (χ0v) is 63.8. The summed E-state index contributed by atoms with van der Waals surface area (Å²) >= 11 is 18.8. The van der Waals surface area contributed by atoms with E-state index in [1.54, 1.807) is 0 Å². The molecule has 0 saturated heterocycles. The molecule has 8 nitrogen and oxygen atoms in total. The average molecular weight is 1500 g/mol. The standard InChI is InChI=1S/4C17H32O2S.2CH4.H2S.2Sn/c4*1-2-3-4-5-6-7-8-9-10-11-12-13-14-17(18)19-15-16-20;;;;;/h4*12-13,20H,2-11,14-16H2,1H3;2*1H4;1H2;;/q;;;;;;;2*+2/p-4/b4*13-12+;;;;;. The Morgan fingerprint density at radius 1 is 0.259 bits per heavy atom. The Bertz CT molecular complexity index is 1170. The molecule has 0 heterocycles. The molecule has 0 saturated carbocycles. The molecule has 0 N–H and O–H groups in total. The van der Waals surface area contributed by atoms with Crippen molar-refractivity contribution >= 4 is 136 Å². The van der Waals surface area contributed by atoms with Gasteiger partial charge in [-0.05, 0) is 51.4 Å². The van der Waals surface area contributed by atoms with Gasteiger partial charge in [0.1, 0.15) is 0 Å².